The molecule has 2 heterocycles. The molecule has 0 bridgehead atoms. The number of aromatic nitrogens is 3. The molecule has 0 atom stereocenters. The number of carbonyl (C=O) groups is 1. The van der Waals surface area contributed by atoms with Crippen molar-refractivity contribution < 1.29 is 4.79 Å². The van der Waals surface area contributed by atoms with Crippen molar-refractivity contribution in [3.05, 3.63) is 76.7 Å². The number of nitrogens with zero attached hydrogens (tertiary/aromatic N) is 4. The average molecular weight is 486 g/mol. The van der Waals surface area contributed by atoms with Crippen molar-refractivity contribution in [3.63, 3.8) is 0 Å². The number of anilines is 1. The van der Waals surface area contributed by atoms with Gasteiger partial charge in [0, 0.05) is 22.6 Å². The number of fused-ring (bicyclic) bond motifs is 1. The number of carbonyl (C=O) groups excluding carboxylic acids is 1. The molecule has 0 saturated carbocycles. The molecule has 5 rings (SSSR count). The lowest BCUT2D eigenvalue weighted by Gasteiger charge is -2.09. The highest BCUT2D eigenvalue weighted by Gasteiger charge is 2.22. The van der Waals surface area contributed by atoms with Gasteiger partial charge in [0.05, 0.1) is 11.3 Å². The Hall–Kier alpha value is -3.41. The van der Waals surface area contributed by atoms with Gasteiger partial charge < -0.3 is 5.32 Å². The molecule has 2 aromatic heterocycles. The van der Waals surface area contributed by atoms with E-state index < -0.39 is 0 Å². The first-order chi connectivity index (χ1) is 16.7. The van der Waals surface area contributed by atoms with Gasteiger partial charge in [-0.3, -0.25) is 4.79 Å². The maximum Gasteiger partial charge on any atom is 0.225 e. The van der Waals surface area contributed by atoms with Gasteiger partial charge in [0.15, 0.2) is 5.82 Å². The summed E-state index contributed by atoms with van der Waals surface area (Å²) in [7, 11) is 0. The second-order valence-corrected chi connectivity index (χ2v) is 10.2. The fraction of sp³-hybridized carbons (Fsp3) is 0.231. The molecule has 1 aliphatic carbocycles. The predicted molar refractivity (Wildman–Crippen MR) is 136 cm³/mol. The van der Waals surface area contributed by atoms with E-state index in [-0.39, 0.29) is 5.91 Å². The molecule has 8 heteroatoms. The number of nitrogens with one attached hydrogen (secondary N) is 1. The zero-order chi connectivity index (χ0) is 23.3. The lowest BCUT2D eigenvalue weighted by atomic mass is 9.96. The number of nitriles is 1. The molecule has 0 fully saturated rings. The van der Waals surface area contributed by atoms with Crippen LogP contribution in [0.1, 0.15) is 35.3 Å². The van der Waals surface area contributed by atoms with Crippen LogP contribution in [0.3, 0.4) is 0 Å². The molecule has 1 N–H and O–H groups in total. The third-order valence-corrected chi connectivity index (χ3v) is 7.76. The van der Waals surface area contributed by atoms with Gasteiger partial charge in [0.2, 0.25) is 11.1 Å². The van der Waals surface area contributed by atoms with E-state index in [0.29, 0.717) is 27.9 Å². The third-order valence-electron chi connectivity index (χ3n) is 5.72. The Bertz CT molecular complexity index is 1280. The quantitative estimate of drug-likeness (QED) is 0.331. The minimum atomic E-state index is -0.0895. The van der Waals surface area contributed by atoms with Crippen LogP contribution < -0.4 is 5.32 Å². The van der Waals surface area contributed by atoms with Crippen LogP contribution in [0.2, 0.25) is 0 Å². The van der Waals surface area contributed by atoms with E-state index in [1.54, 1.807) is 11.3 Å². The predicted octanol–water partition coefficient (Wildman–Crippen LogP) is 5.87. The number of hydrogen-bond acceptors (Lipinski definition) is 6. The topological polar surface area (TPSA) is 83.6 Å². The lowest BCUT2D eigenvalue weighted by Crippen LogP contribution is -2.12. The molecule has 1 amide bonds. The van der Waals surface area contributed by atoms with E-state index in [0.717, 1.165) is 48.3 Å². The van der Waals surface area contributed by atoms with Crippen molar-refractivity contribution in [1.82, 2.24) is 14.8 Å². The van der Waals surface area contributed by atoms with Crippen LogP contribution in [0.5, 0.6) is 0 Å². The molecule has 0 aliphatic heterocycles. The third kappa shape index (κ3) is 4.76. The Kier molecular flexibility index (Phi) is 6.74. The minimum absolute atomic E-state index is 0.0895. The van der Waals surface area contributed by atoms with E-state index in [4.69, 9.17) is 10.1 Å². The Morgan fingerprint density at radius 2 is 1.82 bits per heavy atom. The van der Waals surface area contributed by atoms with Gasteiger partial charge in [-0.1, -0.05) is 60.3 Å². The summed E-state index contributed by atoms with van der Waals surface area (Å²) < 4.78 is 1.84. The number of thioether (sulfide) groups is 1. The summed E-state index contributed by atoms with van der Waals surface area (Å²) in [6.45, 7) is 0. The molecule has 6 nitrogen and oxygen atoms in total. The standard InChI is InChI=1S/C26H23N5OS2/c27-17-21-20-13-7-8-14-22(20)34-25(21)28-23(32)15-16-33-26-29-24(18-9-3-1-4-10-18)31(30-26)19-11-5-2-6-12-19/h1-6,9-12H,7-8,13-16H2,(H,28,32). The normalized spacial score (nSPS) is 12.7. The van der Waals surface area contributed by atoms with Crippen LogP contribution >= 0.6 is 23.1 Å². The molecule has 170 valence electrons. The second kappa shape index (κ2) is 10.2. The summed E-state index contributed by atoms with van der Waals surface area (Å²) in [6, 6.07) is 22.2. The number of para-hydroxylation sites is 1. The Labute approximate surface area is 206 Å². The second-order valence-electron chi connectivity index (χ2n) is 8.00. The largest absolute Gasteiger partial charge is 0.317 e. The highest BCUT2D eigenvalue weighted by Crippen LogP contribution is 2.37. The number of aryl methyl sites for hydroxylation is 1. The van der Waals surface area contributed by atoms with Gasteiger partial charge in [0.1, 0.15) is 11.1 Å². The Morgan fingerprint density at radius 1 is 1.09 bits per heavy atom. The number of hydrogen-bond donors (Lipinski definition) is 1. The summed E-state index contributed by atoms with van der Waals surface area (Å²) >= 11 is 3.01. The molecular formula is C26H23N5OS2. The maximum absolute atomic E-state index is 12.6. The van der Waals surface area contributed by atoms with Gasteiger partial charge in [-0.2, -0.15) is 5.26 Å². The molecule has 0 saturated heterocycles. The van der Waals surface area contributed by atoms with Gasteiger partial charge in [-0.15, -0.1) is 16.4 Å². The van der Waals surface area contributed by atoms with Gasteiger partial charge in [-0.25, -0.2) is 9.67 Å². The zero-order valence-electron chi connectivity index (χ0n) is 18.5. The van der Waals surface area contributed by atoms with E-state index in [1.165, 1.54) is 16.6 Å². The van der Waals surface area contributed by atoms with E-state index in [9.17, 15) is 10.1 Å². The fourth-order valence-electron chi connectivity index (χ4n) is 4.07. The van der Waals surface area contributed by atoms with Crippen molar-refractivity contribution in [1.29, 1.82) is 5.26 Å². The summed E-state index contributed by atoms with van der Waals surface area (Å²) in [6.07, 6.45) is 4.50. The van der Waals surface area contributed by atoms with Gasteiger partial charge in [0.25, 0.3) is 0 Å². The highest BCUT2D eigenvalue weighted by molar-refractivity contribution is 7.99. The maximum atomic E-state index is 12.6. The van der Waals surface area contributed by atoms with Crippen LogP contribution in [0.4, 0.5) is 5.00 Å². The number of amides is 1. The first-order valence-electron chi connectivity index (χ1n) is 11.3. The Morgan fingerprint density at radius 3 is 2.59 bits per heavy atom. The van der Waals surface area contributed by atoms with E-state index >= 15 is 0 Å². The molecule has 0 unspecified atom stereocenters. The summed E-state index contributed by atoms with van der Waals surface area (Å²) in [4.78, 5) is 18.6. The fourth-order valence-corrected chi connectivity index (χ4v) is 6.09. The van der Waals surface area contributed by atoms with Crippen molar-refractivity contribution in [2.75, 3.05) is 11.1 Å². The first-order valence-corrected chi connectivity index (χ1v) is 13.1. The summed E-state index contributed by atoms with van der Waals surface area (Å²) in [5.74, 6) is 1.22. The first kappa shape index (κ1) is 22.4. The smallest absolute Gasteiger partial charge is 0.225 e. The molecular weight excluding hydrogens is 462 g/mol. The molecule has 2 aromatic carbocycles. The number of benzene rings is 2. The van der Waals surface area contributed by atoms with E-state index in [2.05, 4.69) is 11.4 Å². The summed E-state index contributed by atoms with van der Waals surface area (Å²) in [5, 5.41) is 18.6. The SMILES string of the molecule is N#Cc1c(NC(=O)CCSc2nc(-c3ccccc3)n(-c3ccccc3)n2)sc2c1CCCC2. The van der Waals surface area contributed by atoms with Crippen molar-refractivity contribution in [2.45, 2.75) is 37.3 Å². The monoisotopic (exact) mass is 485 g/mol. The van der Waals surface area contributed by atoms with Crippen molar-refractivity contribution >= 4 is 34.0 Å². The zero-order valence-corrected chi connectivity index (χ0v) is 20.2. The average Bonchev–Trinajstić information content (AvgIpc) is 3.46. The van der Waals surface area contributed by atoms with Crippen LogP contribution in [-0.4, -0.2) is 26.4 Å². The summed E-state index contributed by atoms with van der Waals surface area (Å²) in [5.41, 5.74) is 3.70. The van der Waals surface area contributed by atoms with Gasteiger partial charge >= 0.3 is 0 Å². The van der Waals surface area contributed by atoms with Gasteiger partial charge in [-0.05, 0) is 43.4 Å². The van der Waals surface area contributed by atoms with Crippen molar-refractivity contribution in [3.8, 4) is 23.1 Å². The van der Waals surface area contributed by atoms with Crippen molar-refractivity contribution in [2.24, 2.45) is 0 Å². The molecule has 0 spiro atoms. The molecule has 1 aliphatic rings. The van der Waals surface area contributed by atoms with Crippen LogP contribution in [0.25, 0.3) is 17.1 Å². The minimum Gasteiger partial charge on any atom is -0.317 e. The highest BCUT2D eigenvalue weighted by atomic mass is 32.2. The molecule has 0 radical (unpaired) electrons. The number of thiophene rings is 1. The molecule has 4 aromatic rings. The number of rotatable bonds is 7. The lowest BCUT2D eigenvalue weighted by molar-refractivity contribution is -0.115. The van der Waals surface area contributed by atoms with Crippen LogP contribution in [0.15, 0.2) is 65.8 Å². The molecule has 34 heavy (non-hydrogen) atoms. The van der Waals surface area contributed by atoms with Crippen LogP contribution in [0, 0.1) is 11.3 Å². The Balaban J connectivity index is 1.27. The van der Waals surface area contributed by atoms with E-state index in [1.807, 2.05) is 65.3 Å². The van der Waals surface area contributed by atoms with Crippen LogP contribution in [-0.2, 0) is 17.6 Å².